The molecular weight excluding hydrogens is 152 g/mol. The zero-order valence-corrected chi connectivity index (χ0v) is 10.9. The molecular formula is C8H21Si2. The van der Waals surface area contributed by atoms with Crippen LogP contribution in [-0.4, -0.2) is 18.8 Å². The van der Waals surface area contributed by atoms with Crippen molar-refractivity contribution in [2.75, 3.05) is 0 Å². The zero-order chi connectivity index (χ0) is 7.66. The van der Waals surface area contributed by atoms with Crippen molar-refractivity contribution in [1.82, 2.24) is 0 Å². The van der Waals surface area contributed by atoms with Crippen LogP contribution in [0.5, 0.6) is 0 Å². The molecule has 0 spiro atoms. The normalized spacial score (nSPS) is 11.7. The van der Waals surface area contributed by atoms with E-state index in [-0.39, 0.29) is 0 Å². The van der Waals surface area contributed by atoms with Gasteiger partial charge in [0.2, 0.25) is 0 Å². The van der Waals surface area contributed by atoms with Crippen molar-refractivity contribution in [3.05, 3.63) is 6.42 Å². The van der Waals surface area contributed by atoms with Crippen molar-refractivity contribution in [3.63, 3.8) is 0 Å². The zero-order valence-electron chi connectivity index (χ0n) is 7.53. The van der Waals surface area contributed by atoms with Gasteiger partial charge < -0.3 is 0 Å². The van der Waals surface area contributed by atoms with Gasteiger partial charge in [0.05, 0.1) is 0 Å². The van der Waals surface area contributed by atoms with Gasteiger partial charge in [-0.05, 0) is 16.2 Å². The molecule has 0 nitrogen and oxygen atoms in total. The Hall–Kier alpha value is 0.434. The second-order valence-corrected chi connectivity index (χ2v) is 7.50. The molecule has 0 atom stereocenters. The molecule has 0 aromatic rings. The van der Waals surface area contributed by atoms with E-state index in [4.69, 9.17) is 0 Å². The molecule has 61 valence electrons. The highest BCUT2D eigenvalue weighted by molar-refractivity contribution is 6.89. The van der Waals surface area contributed by atoms with Gasteiger partial charge in [-0.15, -0.1) is 0 Å². The number of hydrogen-bond donors (Lipinski definition) is 0. The van der Waals surface area contributed by atoms with Crippen LogP contribution in [0.2, 0.25) is 6.04 Å². The maximum atomic E-state index is 2.52. The largest absolute Gasteiger partial charge is 0.0654 e. The van der Waals surface area contributed by atoms with Crippen molar-refractivity contribution in [2.45, 2.75) is 45.1 Å². The lowest BCUT2D eigenvalue weighted by Crippen LogP contribution is -1.88. The Balaban J connectivity index is 2.65. The highest BCUT2D eigenvalue weighted by Gasteiger charge is 1.88. The van der Waals surface area contributed by atoms with Crippen LogP contribution < -0.4 is 0 Å². The van der Waals surface area contributed by atoms with E-state index in [9.17, 15) is 0 Å². The Morgan fingerprint density at radius 3 is 2.70 bits per heavy atom. The summed E-state index contributed by atoms with van der Waals surface area (Å²) in [5, 5.41) is 0. The van der Waals surface area contributed by atoms with Gasteiger partial charge in [0, 0.05) is 9.04 Å². The Labute approximate surface area is 70.8 Å². The van der Waals surface area contributed by atoms with Crippen molar-refractivity contribution in [1.29, 1.82) is 0 Å². The van der Waals surface area contributed by atoms with Gasteiger partial charge in [-0.3, -0.25) is 0 Å². The summed E-state index contributed by atoms with van der Waals surface area (Å²) >= 11 is 0. The third-order valence-electron chi connectivity index (χ3n) is 1.75. The lowest BCUT2D eigenvalue weighted by molar-refractivity contribution is 0.662. The fraction of sp³-hybridized carbons (Fsp3) is 0.875. The summed E-state index contributed by atoms with van der Waals surface area (Å²) in [5.74, 6) is 0. The molecule has 2 heteroatoms. The molecule has 0 aliphatic heterocycles. The van der Waals surface area contributed by atoms with Gasteiger partial charge in [-0.1, -0.05) is 45.1 Å². The third kappa shape index (κ3) is 8.43. The molecule has 0 heterocycles. The molecule has 0 saturated carbocycles. The molecule has 0 fully saturated rings. The Morgan fingerprint density at radius 1 is 1.30 bits per heavy atom. The summed E-state index contributed by atoms with van der Waals surface area (Å²) in [5.41, 5.74) is 0. The first kappa shape index (κ1) is 10.4. The molecule has 0 N–H and O–H groups in total. The second kappa shape index (κ2) is 9.43. The van der Waals surface area contributed by atoms with Gasteiger partial charge in [-0.25, -0.2) is 0 Å². The first-order valence-corrected chi connectivity index (χ1v) is 11.4. The third-order valence-corrected chi connectivity index (χ3v) is 4.47. The maximum absolute atomic E-state index is 2.52. The summed E-state index contributed by atoms with van der Waals surface area (Å²) < 4.78 is 0. The van der Waals surface area contributed by atoms with Gasteiger partial charge in [-0.2, -0.15) is 0 Å². The Kier molecular flexibility index (Phi) is 9.84. The van der Waals surface area contributed by atoms with Crippen LogP contribution in [0.25, 0.3) is 0 Å². The van der Waals surface area contributed by atoms with Crippen LogP contribution in [0.4, 0.5) is 0 Å². The van der Waals surface area contributed by atoms with Gasteiger partial charge in [0.25, 0.3) is 0 Å². The molecule has 0 aromatic heterocycles. The SMILES string of the molecule is CCCCCC[CH]C[SiH2][SiH3]. The average Bonchev–Trinajstić information content (AvgIpc) is 1.97. The van der Waals surface area contributed by atoms with Gasteiger partial charge in [0.15, 0.2) is 0 Å². The highest BCUT2D eigenvalue weighted by Crippen LogP contribution is 2.05. The smallest absolute Gasteiger partial charge is 0.00448 e. The first-order valence-electron chi connectivity index (χ1n) is 4.73. The predicted molar refractivity (Wildman–Crippen MR) is 56.3 cm³/mol. The van der Waals surface area contributed by atoms with E-state index in [1.54, 1.807) is 0 Å². The molecule has 0 aliphatic rings. The fourth-order valence-corrected chi connectivity index (χ4v) is 2.99. The number of rotatable bonds is 7. The van der Waals surface area contributed by atoms with Crippen molar-refractivity contribution >= 4 is 18.8 Å². The van der Waals surface area contributed by atoms with Crippen LogP contribution >= 0.6 is 0 Å². The van der Waals surface area contributed by atoms with E-state index >= 15 is 0 Å². The van der Waals surface area contributed by atoms with Gasteiger partial charge in [0.1, 0.15) is 0 Å². The lowest BCUT2D eigenvalue weighted by Gasteiger charge is -1.97. The van der Waals surface area contributed by atoms with Crippen LogP contribution in [0.3, 0.4) is 0 Å². The average molecular weight is 173 g/mol. The minimum absolute atomic E-state index is 0.458. The Bertz CT molecular complexity index is 47.2. The van der Waals surface area contributed by atoms with E-state index in [2.05, 4.69) is 13.3 Å². The van der Waals surface area contributed by atoms with Crippen LogP contribution in [0, 0.1) is 6.42 Å². The molecule has 0 aliphatic carbocycles. The molecule has 0 saturated heterocycles. The molecule has 0 aromatic carbocycles. The van der Waals surface area contributed by atoms with Crippen LogP contribution in [-0.2, 0) is 0 Å². The first-order chi connectivity index (χ1) is 4.91. The number of hydrogen-bond acceptors (Lipinski definition) is 0. The van der Waals surface area contributed by atoms with Crippen molar-refractivity contribution in [3.8, 4) is 0 Å². The summed E-state index contributed by atoms with van der Waals surface area (Å²) in [6.45, 7) is 2.27. The van der Waals surface area contributed by atoms with Crippen molar-refractivity contribution < 1.29 is 0 Å². The topological polar surface area (TPSA) is 0 Å². The van der Waals surface area contributed by atoms with Crippen molar-refractivity contribution in [2.24, 2.45) is 0 Å². The Morgan fingerprint density at radius 2 is 2.10 bits per heavy atom. The summed E-state index contributed by atoms with van der Waals surface area (Å²) in [7, 11) is 1.97. The monoisotopic (exact) mass is 173 g/mol. The second-order valence-electron chi connectivity index (χ2n) is 2.93. The maximum Gasteiger partial charge on any atom is 0.00448 e. The lowest BCUT2D eigenvalue weighted by atomic mass is 10.1. The molecule has 0 bridgehead atoms. The molecule has 1 radical (unpaired) electrons. The van der Waals surface area contributed by atoms with E-state index in [1.165, 1.54) is 47.9 Å². The van der Waals surface area contributed by atoms with E-state index < -0.39 is 0 Å². The minimum atomic E-state index is 0.458. The van der Waals surface area contributed by atoms with Crippen LogP contribution in [0.15, 0.2) is 0 Å². The summed E-state index contributed by atoms with van der Waals surface area (Å²) in [6, 6.07) is 1.51. The summed E-state index contributed by atoms with van der Waals surface area (Å²) in [6.07, 6.45) is 9.63. The molecule has 10 heavy (non-hydrogen) atoms. The van der Waals surface area contributed by atoms with E-state index in [0.717, 1.165) is 0 Å². The molecule has 0 unspecified atom stereocenters. The quantitative estimate of drug-likeness (QED) is 0.398. The standard InChI is InChI=1S/C8H21Si2/c1-2-3-4-5-6-7-8-10-9/h7H,2-6,8,10H2,1,9H3. The molecule has 0 rings (SSSR count). The predicted octanol–water partition coefficient (Wildman–Crippen LogP) is 1.03. The summed E-state index contributed by atoms with van der Waals surface area (Å²) in [4.78, 5) is 0. The minimum Gasteiger partial charge on any atom is -0.0654 e. The fourth-order valence-electron chi connectivity index (χ4n) is 1.06. The van der Waals surface area contributed by atoms with Crippen LogP contribution in [0.1, 0.15) is 39.0 Å². The number of unbranched alkanes of at least 4 members (excludes halogenated alkanes) is 5. The molecule has 0 amide bonds. The van der Waals surface area contributed by atoms with Gasteiger partial charge >= 0.3 is 0 Å². The van der Waals surface area contributed by atoms with E-state index in [0.29, 0.717) is 9.04 Å². The van der Waals surface area contributed by atoms with E-state index in [1.807, 2.05) is 0 Å². The highest BCUT2D eigenvalue weighted by atomic mass is 29.1.